The molecule has 4 heteroatoms. The third kappa shape index (κ3) is 3.19. The number of benzene rings is 2. The maximum absolute atomic E-state index is 12.4. The molecule has 0 bridgehead atoms. The van der Waals surface area contributed by atoms with E-state index in [1.54, 1.807) is 17.2 Å². The normalized spacial score (nSPS) is 11.2. The topological polar surface area (TPSA) is 44.1 Å². The third-order valence-electron chi connectivity index (χ3n) is 2.77. The number of thioether (sulfide) groups is 1. The lowest BCUT2D eigenvalue weighted by Crippen LogP contribution is -2.07. The van der Waals surface area contributed by atoms with Gasteiger partial charge in [-0.05, 0) is 28.6 Å². The molecule has 2 rings (SSSR count). The summed E-state index contributed by atoms with van der Waals surface area (Å²) in [6.07, 6.45) is 1.67. The van der Waals surface area contributed by atoms with Gasteiger partial charge in [0.2, 0.25) is 5.78 Å². The Labute approximate surface area is 122 Å². The number of hydrogen-bond acceptors (Lipinski definition) is 4. The number of fused-ring (bicyclic) bond motifs is 1. The zero-order valence-electron chi connectivity index (χ0n) is 11.3. The van der Waals surface area contributed by atoms with Gasteiger partial charge in [0, 0.05) is 25.9 Å². The zero-order valence-corrected chi connectivity index (χ0v) is 12.1. The van der Waals surface area contributed by atoms with Crippen molar-refractivity contribution in [3.05, 3.63) is 59.1 Å². The predicted molar refractivity (Wildman–Crippen MR) is 83.3 cm³/mol. The molecule has 0 saturated carbocycles. The molecule has 0 aliphatic rings. The molecule has 0 N–H and O–H groups in total. The first-order valence-corrected chi connectivity index (χ1v) is 6.91. The van der Waals surface area contributed by atoms with Crippen LogP contribution in [0.2, 0.25) is 0 Å². The number of ketones is 1. The second kappa shape index (κ2) is 6.27. The monoisotopic (exact) mass is 282 g/mol. The average molecular weight is 282 g/mol. The maximum atomic E-state index is 12.4. The smallest absolute Gasteiger partial charge is 0.201 e. The second-order valence-electron chi connectivity index (χ2n) is 4.54. The Morgan fingerprint density at radius 3 is 2.55 bits per heavy atom. The minimum Gasteiger partial charge on any atom is -0.382 e. The Hall–Kier alpha value is -2.25. The first-order chi connectivity index (χ1) is 9.61. The number of rotatable bonds is 4. The van der Waals surface area contributed by atoms with E-state index in [1.807, 2.05) is 55.9 Å². The average Bonchev–Trinajstić information content (AvgIpc) is 2.45. The molecule has 100 valence electrons. The van der Waals surface area contributed by atoms with Crippen LogP contribution in [0.15, 0.2) is 53.6 Å². The molecule has 0 unspecified atom stereocenters. The van der Waals surface area contributed by atoms with Crippen molar-refractivity contribution in [2.75, 3.05) is 14.1 Å². The summed E-state index contributed by atoms with van der Waals surface area (Å²) in [6.45, 7) is 0. The lowest BCUT2D eigenvalue weighted by molar-refractivity contribution is 0.104. The lowest BCUT2D eigenvalue weighted by atomic mass is 10.0. The molecule has 0 aliphatic carbocycles. The molecular weight excluding hydrogens is 268 g/mol. The van der Waals surface area contributed by atoms with Crippen LogP contribution in [0, 0.1) is 10.7 Å². The molecule has 0 aromatic heterocycles. The van der Waals surface area contributed by atoms with Crippen LogP contribution in [0.5, 0.6) is 0 Å². The predicted octanol–water partition coefficient (Wildman–Crippen LogP) is 3.64. The van der Waals surface area contributed by atoms with Crippen molar-refractivity contribution >= 4 is 28.3 Å². The number of allylic oxidation sites excluding steroid dienone is 1. The van der Waals surface area contributed by atoms with Crippen LogP contribution in [-0.2, 0) is 0 Å². The van der Waals surface area contributed by atoms with Gasteiger partial charge in [-0.15, -0.1) is 0 Å². The van der Waals surface area contributed by atoms with Gasteiger partial charge in [-0.1, -0.05) is 36.4 Å². The molecule has 0 atom stereocenters. The maximum Gasteiger partial charge on any atom is 0.201 e. The van der Waals surface area contributed by atoms with Gasteiger partial charge in [0.05, 0.1) is 4.91 Å². The Kier molecular flexibility index (Phi) is 4.44. The van der Waals surface area contributed by atoms with Crippen molar-refractivity contribution in [1.29, 1.82) is 5.26 Å². The SMILES string of the molecule is CN(C)/C=C(\SC#N)C(=O)c1ccc2ccccc2c1. The quantitative estimate of drug-likeness (QED) is 0.488. The first-order valence-electron chi connectivity index (χ1n) is 6.09. The second-order valence-corrected chi connectivity index (χ2v) is 5.37. The molecular formula is C16H14N2OS. The van der Waals surface area contributed by atoms with Crippen LogP contribution in [-0.4, -0.2) is 24.8 Å². The minimum absolute atomic E-state index is 0.129. The molecule has 2 aromatic rings. The highest BCUT2D eigenvalue weighted by Crippen LogP contribution is 2.23. The van der Waals surface area contributed by atoms with E-state index in [-0.39, 0.29) is 5.78 Å². The van der Waals surface area contributed by atoms with E-state index in [1.165, 1.54) is 0 Å². The Balaban J connectivity index is 2.41. The minimum atomic E-state index is -0.129. The van der Waals surface area contributed by atoms with Crippen LogP contribution in [0.4, 0.5) is 0 Å². The lowest BCUT2D eigenvalue weighted by Gasteiger charge is -2.08. The molecule has 0 fully saturated rings. The number of Topliss-reactive ketones (excluding diaryl/α,β-unsaturated/α-hetero) is 1. The molecule has 20 heavy (non-hydrogen) atoms. The molecule has 2 aromatic carbocycles. The van der Waals surface area contributed by atoms with Crippen molar-refractivity contribution in [2.45, 2.75) is 0 Å². The number of hydrogen-bond donors (Lipinski definition) is 0. The summed E-state index contributed by atoms with van der Waals surface area (Å²) < 4.78 is 0. The van der Waals surface area contributed by atoms with Crippen molar-refractivity contribution in [1.82, 2.24) is 4.90 Å². The molecule has 3 nitrogen and oxygen atoms in total. The van der Waals surface area contributed by atoms with Crippen molar-refractivity contribution in [3.63, 3.8) is 0 Å². The summed E-state index contributed by atoms with van der Waals surface area (Å²) in [5.74, 6) is -0.129. The van der Waals surface area contributed by atoms with E-state index in [4.69, 9.17) is 5.26 Å². The van der Waals surface area contributed by atoms with Gasteiger partial charge < -0.3 is 4.90 Å². The van der Waals surface area contributed by atoms with E-state index < -0.39 is 0 Å². The van der Waals surface area contributed by atoms with Crippen LogP contribution >= 0.6 is 11.8 Å². The highest BCUT2D eigenvalue weighted by Gasteiger charge is 2.14. The van der Waals surface area contributed by atoms with Gasteiger partial charge in [-0.2, -0.15) is 5.26 Å². The Morgan fingerprint density at radius 1 is 1.20 bits per heavy atom. The summed E-state index contributed by atoms with van der Waals surface area (Å²) >= 11 is 0.889. The number of carbonyl (C=O) groups excluding carboxylic acids is 1. The highest BCUT2D eigenvalue weighted by atomic mass is 32.2. The van der Waals surface area contributed by atoms with Gasteiger partial charge in [0.15, 0.2) is 0 Å². The summed E-state index contributed by atoms with van der Waals surface area (Å²) in [7, 11) is 3.65. The summed E-state index contributed by atoms with van der Waals surface area (Å²) in [5, 5.41) is 12.9. The molecule has 0 heterocycles. The zero-order chi connectivity index (χ0) is 14.5. The van der Waals surface area contributed by atoms with E-state index in [0.29, 0.717) is 10.5 Å². The van der Waals surface area contributed by atoms with Gasteiger partial charge in [-0.3, -0.25) is 4.79 Å². The van der Waals surface area contributed by atoms with Crippen LogP contribution in [0.25, 0.3) is 10.8 Å². The number of thiocyanates is 1. The van der Waals surface area contributed by atoms with Crippen molar-refractivity contribution in [3.8, 4) is 5.40 Å². The molecule has 0 radical (unpaired) electrons. The van der Waals surface area contributed by atoms with Crippen LogP contribution in [0.3, 0.4) is 0 Å². The fraction of sp³-hybridized carbons (Fsp3) is 0.125. The Bertz CT molecular complexity index is 714. The van der Waals surface area contributed by atoms with Gasteiger partial charge in [-0.25, -0.2) is 0 Å². The largest absolute Gasteiger partial charge is 0.382 e. The number of nitriles is 1. The summed E-state index contributed by atoms with van der Waals surface area (Å²) in [6, 6.07) is 13.5. The Morgan fingerprint density at radius 2 is 1.90 bits per heavy atom. The van der Waals surface area contributed by atoms with Crippen LogP contribution in [0.1, 0.15) is 10.4 Å². The summed E-state index contributed by atoms with van der Waals surface area (Å²) in [4.78, 5) is 14.6. The molecule has 0 saturated heterocycles. The number of carbonyl (C=O) groups is 1. The highest BCUT2D eigenvalue weighted by molar-refractivity contribution is 8.08. The van der Waals surface area contributed by atoms with E-state index >= 15 is 0 Å². The van der Waals surface area contributed by atoms with Gasteiger partial charge >= 0.3 is 0 Å². The van der Waals surface area contributed by atoms with E-state index in [0.717, 1.165) is 22.5 Å². The van der Waals surface area contributed by atoms with E-state index in [2.05, 4.69) is 0 Å². The third-order valence-corrected chi connectivity index (χ3v) is 3.37. The molecule has 0 spiro atoms. The van der Waals surface area contributed by atoms with Crippen molar-refractivity contribution in [2.24, 2.45) is 0 Å². The standard InChI is InChI=1S/C16H14N2OS/c1-18(2)10-15(20-11-17)16(19)14-8-7-12-5-3-4-6-13(12)9-14/h3-10H,1-2H3/b15-10-. The van der Waals surface area contributed by atoms with Crippen LogP contribution < -0.4 is 0 Å². The number of nitrogens with zero attached hydrogens (tertiary/aromatic N) is 2. The molecule has 0 amide bonds. The fourth-order valence-corrected chi connectivity index (χ4v) is 2.46. The summed E-state index contributed by atoms with van der Waals surface area (Å²) in [5.41, 5.74) is 0.597. The molecule has 0 aliphatic heterocycles. The first kappa shape index (κ1) is 14.2. The van der Waals surface area contributed by atoms with Crippen molar-refractivity contribution < 1.29 is 4.79 Å². The fourth-order valence-electron chi connectivity index (χ4n) is 1.89. The van der Waals surface area contributed by atoms with Gasteiger partial charge in [0.1, 0.15) is 5.40 Å². The van der Waals surface area contributed by atoms with Gasteiger partial charge in [0.25, 0.3) is 0 Å². The van der Waals surface area contributed by atoms with E-state index in [9.17, 15) is 4.79 Å².